The van der Waals surface area contributed by atoms with Gasteiger partial charge in [-0.2, -0.15) is 0 Å². The van der Waals surface area contributed by atoms with Crippen LogP contribution in [0, 0.1) is 13.8 Å². The Balaban J connectivity index is 1.67. The van der Waals surface area contributed by atoms with Gasteiger partial charge in [-0.15, -0.1) is 0 Å². The highest BCUT2D eigenvalue weighted by molar-refractivity contribution is 6.05. The molecule has 4 rings (SSSR count). The molecular weight excluding hydrogens is 336 g/mol. The summed E-state index contributed by atoms with van der Waals surface area (Å²) in [5.74, 6) is 1.95. The lowest BCUT2D eigenvalue weighted by atomic mass is 10.0. The minimum atomic E-state index is -0.0993. The van der Waals surface area contributed by atoms with Gasteiger partial charge >= 0.3 is 0 Å². The smallest absolute Gasteiger partial charge is 0.255 e. The maximum atomic E-state index is 12.7. The first kappa shape index (κ1) is 17.5. The Kier molecular flexibility index (Phi) is 4.56. The number of nitrogens with zero attached hydrogens (tertiary/aromatic N) is 1. The lowest BCUT2D eigenvalue weighted by Gasteiger charge is -2.13. The summed E-state index contributed by atoms with van der Waals surface area (Å²) in [6.07, 6.45) is 5.81. The zero-order valence-electron chi connectivity index (χ0n) is 16.1. The van der Waals surface area contributed by atoms with E-state index in [4.69, 9.17) is 4.42 Å². The molecule has 0 radical (unpaired) electrons. The van der Waals surface area contributed by atoms with Crippen LogP contribution in [0.2, 0.25) is 0 Å². The molecule has 0 aliphatic heterocycles. The number of aromatic nitrogens is 1. The van der Waals surface area contributed by atoms with Gasteiger partial charge in [-0.25, -0.2) is 0 Å². The van der Waals surface area contributed by atoms with E-state index in [1.165, 1.54) is 5.56 Å². The average Bonchev–Trinajstić information content (AvgIpc) is 3.22. The van der Waals surface area contributed by atoms with Crippen molar-refractivity contribution in [3.63, 3.8) is 0 Å². The van der Waals surface area contributed by atoms with Crippen molar-refractivity contribution in [2.75, 3.05) is 5.32 Å². The van der Waals surface area contributed by atoms with E-state index in [2.05, 4.69) is 23.3 Å². The number of hydrogen-bond donors (Lipinski definition) is 1. The molecule has 0 atom stereocenters. The first-order chi connectivity index (χ1) is 13.1. The molecule has 4 nitrogen and oxygen atoms in total. The molecule has 1 aliphatic rings. The summed E-state index contributed by atoms with van der Waals surface area (Å²) in [6, 6.07) is 9.69. The van der Waals surface area contributed by atoms with Crippen molar-refractivity contribution in [3.05, 3.63) is 70.3 Å². The predicted molar refractivity (Wildman–Crippen MR) is 107 cm³/mol. The third kappa shape index (κ3) is 3.16. The molecule has 4 heteroatoms. The first-order valence-electron chi connectivity index (χ1n) is 9.56. The number of carbonyl (C=O) groups excluding carboxylic acids is 1. The van der Waals surface area contributed by atoms with Gasteiger partial charge in [0.05, 0.1) is 17.6 Å². The number of hydrogen-bond acceptors (Lipinski definition) is 3. The van der Waals surface area contributed by atoms with E-state index < -0.39 is 0 Å². The number of anilines is 1. The lowest BCUT2D eigenvalue weighted by Crippen LogP contribution is -2.15. The van der Waals surface area contributed by atoms with Gasteiger partial charge in [0.1, 0.15) is 11.5 Å². The fraction of sp³-hybridized carbons (Fsp3) is 0.304. The van der Waals surface area contributed by atoms with E-state index in [1.807, 2.05) is 38.1 Å². The highest BCUT2D eigenvalue weighted by Crippen LogP contribution is 2.37. The summed E-state index contributed by atoms with van der Waals surface area (Å²) in [5, 5.41) is 3.03. The third-order valence-electron chi connectivity index (χ3n) is 5.36. The molecule has 0 unspecified atom stereocenters. The van der Waals surface area contributed by atoms with Crippen LogP contribution in [-0.4, -0.2) is 10.9 Å². The molecule has 0 saturated heterocycles. The SMILES string of the molecule is CCc1cc(-c2c(C)oc3c2CCC3)ncc1NC(=O)c1ccccc1C. The lowest BCUT2D eigenvalue weighted by molar-refractivity contribution is 0.102. The van der Waals surface area contributed by atoms with Gasteiger partial charge in [-0.05, 0) is 56.4 Å². The summed E-state index contributed by atoms with van der Waals surface area (Å²) < 4.78 is 5.94. The number of aryl methyl sites for hydroxylation is 4. The maximum absolute atomic E-state index is 12.7. The van der Waals surface area contributed by atoms with Crippen molar-refractivity contribution in [2.24, 2.45) is 0 Å². The van der Waals surface area contributed by atoms with Crippen molar-refractivity contribution in [1.82, 2.24) is 4.98 Å². The number of fused-ring (bicyclic) bond motifs is 1. The van der Waals surface area contributed by atoms with Crippen LogP contribution in [0.1, 0.15) is 51.9 Å². The van der Waals surface area contributed by atoms with Crippen LogP contribution < -0.4 is 5.32 Å². The fourth-order valence-corrected chi connectivity index (χ4v) is 3.93. The molecule has 27 heavy (non-hydrogen) atoms. The number of pyridine rings is 1. The van der Waals surface area contributed by atoms with Crippen molar-refractivity contribution in [2.45, 2.75) is 46.5 Å². The van der Waals surface area contributed by atoms with E-state index in [0.717, 1.165) is 65.3 Å². The Bertz CT molecular complexity index is 1020. The zero-order valence-corrected chi connectivity index (χ0v) is 16.1. The van der Waals surface area contributed by atoms with Crippen LogP contribution in [0.15, 0.2) is 40.9 Å². The molecule has 1 amide bonds. The number of furan rings is 1. The van der Waals surface area contributed by atoms with Crippen molar-refractivity contribution in [1.29, 1.82) is 0 Å². The van der Waals surface area contributed by atoms with Crippen LogP contribution in [0.4, 0.5) is 5.69 Å². The van der Waals surface area contributed by atoms with E-state index in [-0.39, 0.29) is 5.91 Å². The quantitative estimate of drug-likeness (QED) is 0.690. The molecule has 0 spiro atoms. The highest BCUT2D eigenvalue weighted by Gasteiger charge is 2.24. The first-order valence-corrected chi connectivity index (χ1v) is 9.56. The second-order valence-electron chi connectivity index (χ2n) is 7.14. The number of carbonyl (C=O) groups is 1. The van der Waals surface area contributed by atoms with Crippen molar-refractivity contribution >= 4 is 11.6 Å². The van der Waals surface area contributed by atoms with Gasteiger partial charge in [0.15, 0.2) is 0 Å². The molecule has 138 valence electrons. The summed E-state index contributed by atoms with van der Waals surface area (Å²) >= 11 is 0. The van der Waals surface area contributed by atoms with Crippen molar-refractivity contribution in [3.8, 4) is 11.3 Å². The summed E-state index contributed by atoms with van der Waals surface area (Å²) in [5.41, 5.74) is 6.87. The second kappa shape index (κ2) is 7.03. The van der Waals surface area contributed by atoms with Crippen LogP contribution in [0.5, 0.6) is 0 Å². The summed E-state index contributed by atoms with van der Waals surface area (Å²) in [4.78, 5) is 17.3. The largest absolute Gasteiger partial charge is 0.465 e. The van der Waals surface area contributed by atoms with E-state index in [1.54, 1.807) is 6.20 Å². The normalized spacial score (nSPS) is 12.9. The molecule has 1 aromatic carbocycles. The monoisotopic (exact) mass is 360 g/mol. The predicted octanol–water partition coefficient (Wildman–Crippen LogP) is 5.26. The Morgan fingerprint density at radius 3 is 2.81 bits per heavy atom. The summed E-state index contributed by atoms with van der Waals surface area (Å²) in [7, 11) is 0. The van der Waals surface area contributed by atoms with Gasteiger partial charge < -0.3 is 9.73 Å². The van der Waals surface area contributed by atoms with Gasteiger partial charge in [0.2, 0.25) is 0 Å². The summed E-state index contributed by atoms with van der Waals surface area (Å²) in [6.45, 7) is 6.04. The molecule has 3 aromatic rings. The molecule has 1 N–H and O–H groups in total. The molecule has 2 aromatic heterocycles. The number of rotatable bonds is 4. The Morgan fingerprint density at radius 2 is 2.04 bits per heavy atom. The third-order valence-corrected chi connectivity index (χ3v) is 5.36. The number of benzene rings is 1. The average molecular weight is 360 g/mol. The molecule has 0 fully saturated rings. The van der Waals surface area contributed by atoms with Gasteiger partial charge in [-0.1, -0.05) is 25.1 Å². The topological polar surface area (TPSA) is 55.1 Å². The Hall–Kier alpha value is -2.88. The van der Waals surface area contributed by atoms with Crippen LogP contribution >= 0.6 is 0 Å². The Morgan fingerprint density at radius 1 is 1.22 bits per heavy atom. The second-order valence-corrected chi connectivity index (χ2v) is 7.14. The van der Waals surface area contributed by atoms with Gasteiger partial charge in [-0.3, -0.25) is 9.78 Å². The standard InChI is InChI=1S/C23H24N2O2/c1-4-16-12-19(22-15(3)27-21-11-7-10-18(21)22)24-13-20(16)25-23(26)17-9-6-5-8-14(17)2/h5-6,8-9,12-13H,4,7,10-11H2,1-3H3,(H,25,26). The van der Waals surface area contributed by atoms with E-state index in [9.17, 15) is 4.79 Å². The van der Waals surface area contributed by atoms with Crippen LogP contribution in [0.3, 0.4) is 0 Å². The van der Waals surface area contributed by atoms with Gasteiger partial charge in [0, 0.05) is 23.1 Å². The molecular formula is C23H24N2O2. The molecule has 1 aliphatic carbocycles. The minimum absolute atomic E-state index is 0.0993. The van der Waals surface area contributed by atoms with Gasteiger partial charge in [0.25, 0.3) is 5.91 Å². The van der Waals surface area contributed by atoms with E-state index >= 15 is 0 Å². The van der Waals surface area contributed by atoms with Crippen LogP contribution in [0.25, 0.3) is 11.3 Å². The maximum Gasteiger partial charge on any atom is 0.255 e. The fourth-order valence-electron chi connectivity index (χ4n) is 3.93. The van der Waals surface area contributed by atoms with Crippen LogP contribution in [-0.2, 0) is 19.3 Å². The number of amides is 1. The molecule has 2 heterocycles. The zero-order chi connectivity index (χ0) is 19.0. The molecule has 0 bridgehead atoms. The Labute approximate surface area is 159 Å². The van der Waals surface area contributed by atoms with Crippen molar-refractivity contribution < 1.29 is 9.21 Å². The van der Waals surface area contributed by atoms with E-state index in [0.29, 0.717) is 5.56 Å². The number of nitrogens with one attached hydrogen (secondary N) is 1. The minimum Gasteiger partial charge on any atom is -0.465 e. The highest BCUT2D eigenvalue weighted by atomic mass is 16.3. The molecule has 0 saturated carbocycles.